The molecule has 0 aliphatic carbocycles. The smallest absolute Gasteiger partial charge is 0.306 e. The highest BCUT2D eigenvalue weighted by Crippen LogP contribution is 2.20. The molecule has 0 heterocycles. The average molecular weight is 1110 g/mol. The highest BCUT2D eigenvalue weighted by Gasteiger charge is 2.28. The molecule has 0 N–H and O–H groups in total. The van der Waals surface area contributed by atoms with Crippen molar-refractivity contribution in [2.75, 3.05) is 40.4 Å². The SMILES string of the molecule is CCCCCCC(CCC)OC(=O)CCC(=O)N(CCCCCCN(C)C)C(COC(=O)CCCCCCCCCCC(=O)OC(CC)CCCCC)COC(=O)CCCCCCCCCCC(=O)OC(CC)CCCCC. The lowest BCUT2D eigenvalue weighted by Gasteiger charge is -2.31. The number of nitrogens with zero attached hydrogens (tertiary/aromatic N) is 2. The highest BCUT2D eigenvalue weighted by molar-refractivity contribution is 5.82. The van der Waals surface area contributed by atoms with E-state index in [0.717, 1.165) is 218 Å². The van der Waals surface area contributed by atoms with Crippen LogP contribution in [-0.2, 0) is 52.5 Å². The Hall–Kier alpha value is -3.22. The van der Waals surface area contributed by atoms with E-state index in [9.17, 15) is 28.8 Å². The molecule has 1 amide bonds. The van der Waals surface area contributed by atoms with Crippen LogP contribution in [0.3, 0.4) is 0 Å². The van der Waals surface area contributed by atoms with Crippen molar-refractivity contribution in [3.8, 4) is 0 Å². The zero-order valence-corrected chi connectivity index (χ0v) is 51.9. The predicted molar refractivity (Wildman–Crippen MR) is 318 cm³/mol. The number of carbonyl (C=O) groups excluding carboxylic acids is 6. The summed E-state index contributed by atoms with van der Waals surface area (Å²) < 4.78 is 29.1. The number of rotatable bonds is 57. The first-order valence-corrected chi connectivity index (χ1v) is 32.7. The van der Waals surface area contributed by atoms with E-state index in [2.05, 4.69) is 60.5 Å². The lowest BCUT2D eigenvalue weighted by Crippen LogP contribution is -2.47. The van der Waals surface area contributed by atoms with Gasteiger partial charge in [0.1, 0.15) is 31.5 Å². The Bertz CT molecular complexity index is 1390. The Labute approximate surface area is 478 Å². The molecule has 0 fully saturated rings. The first kappa shape index (κ1) is 74.8. The fourth-order valence-electron chi connectivity index (χ4n) is 9.93. The molecule has 0 saturated carbocycles. The Balaban J connectivity index is 5.39. The van der Waals surface area contributed by atoms with Gasteiger partial charge in [-0.15, -0.1) is 0 Å². The van der Waals surface area contributed by atoms with Crippen LogP contribution in [0.5, 0.6) is 0 Å². The van der Waals surface area contributed by atoms with Crippen molar-refractivity contribution in [3.63, 3.8) is 0 Å². The lowest BCUT2D eigenvalue weighted by molar-refractivity contribution is -0.155. The Morgan fingerprint density at radius 1 is 0.321 bits per heavy atom. The number of ether oxygens (including phenoxy) is 5. The Morgan fingerprint density at radius 3 is 1.06 bits per heavy atom. The number of hydrogen-bond donors (Lipinski definition) is 0. The molecule has 0 saturated heterocycles. The minimum absolute atomic E-state index is 0.0389. The summed E-state index contributed by atoms with van der Waals surface area (Å²) >= 11 is 0. The van der Waals surface area contributed by atoms with E-state index in [1.165, 1.54) is 12.8 Å². The van der Waals surface area contributed by atoms with E-state index >= 15 is 0 Å². The monoisotopic (exact) mass is 1110 g/mol. The van der Waals surface area contributed by atoms with Crippen molar-refractivity contribution in [3.05, 3.63) is 0 Å². The Morgan fingerprint density at radius 2 is 0.654 bits per heavy atom. The van der Waals surface area contributed by atoms with E-state index in [-0.39, 0.29) is 93.0 Å². The van der Waals surface area contributed by atoms with Crippen LogP contribution in [0.15, 0.2) is 0 Å². The molecule has 0 bridgehead atoms. The summed E-state index contributed by atoms with van der Waals surface area (Å²) in [6, 6.07) is -0.684. The van der Waals surface area contributed by atoms with E-state index in [0.29, 0.717) is 32.2 Å². The summed E-state index contributed by atoms with van der Waals surface area (Å²) in [5.41, 5.74) is 0. The van der Waals surface area contributed by atoms with Crippen LogP contribution < -0.4 is 0 Å². The van der Waals surface area contributed by atoms with Gasteiger partial charge in [0.05, 0.1) is 12.5 Å². The molecule has 0 aliphatic rings. The molecule has 3 atom stereocenters. The molecule has 0 radical (unpaired) electrons. The van der Waals surface area contributed by atoms with Crippen molar-refractivity contribution < 1.29 is 52.5 Å². The third-order valence-electron chi connectivity index (χ3n) is 15.0. The average Bonchev–Trinajstić information content (AvgIpc) is 3.41. The maximum Gasteiger partial charge on any atom is 0.306 e. The standard InChI is InChI=1S/C65H122N2O11/c1-9-15-18-35-45-59(42-12-4)78-65(73)51-50-60(68)67(53-41-32-31-40-52-66(7)8)56(54-74-61(69)46-36-27-23-19-21-25-29-38-48-63(71)76-57(13-5)43-33-16-10-2)55-75-62(70)47-37-28-24-20-22-26-30-39-49-64(72)77-58(14-6)44-34-17-11-3/h56-59H,9-55H2,1-8H3. The van der Waals surface area contributed by atoms with Gasteiger partial charge in [-0.25, -0.2) is 0 Å². The minimum atomic E-state index is -0.684. The fraction of sp³-hybridized carbons (Fsp3) is 0.908. The molecule has 0 rings (SSSR count). The molecular formula is C65H122N2O11. The number of unbranched alkanes of at least 4 members (excludes halogenated alkanes) is 24. The van der Waals surface area contributed by atoms with Crippen molar-refractivity contribution in [2.45, 2.75) is 342 Å². The van der Waals surface area contributed by atoms with Crippen molar-refractivity contribution >= 4 is 35.8 Å². The second kappa shape index (κ2) is 54.4. The molecule has 0 aromatic rings. The number of esters is 5. The van der Waals surface area contributed by atoms with Crippen LogP contribution in [0.4, 0.5) is 0 Å². The molecular weight excluding hydrogens is 985 g/mol. The van der Waals surface area contributed by atoms with Crippen molar-refractivity contribution in [1.82, 2.24) is 9.80 Å². The molecule has 0 aromatic heterocycles. The zero-order valence-electron chi connectivity index (χ0n) is 51.9. The van der Waals surface area contributed by atoms with Crippen LogP contribution >= 0.6 is 0 Å². The predicted octanol–water partition coefficient (Wildman–Crippen LogP) is 16.5. The van der Waals surface area contributed by atoms with E-state index in [4.69, 9.17) is 23.7 Å². The topological polar surface area (TPSA) is 155 Å². The minimum Gasteiger partial charge on any atom is -0.463 e. The van der Waals surface area contributed by atoms with Crippen LogP contribution in [0.2, 0.25) is 0 Å². The number of carbonyl (C=O) groups is 6. The second-order valence-electron chi connectivity index (χ2n) is 22.8. The summed E-state index contributed by atoms with van der Waals surface area (Å²) in [6.07, 6.45) is 37.9. The van der Waals surface area contributed by atoms with E-state index in [1.54, 1.807) is 4.90 Å². The van der Waals surface area contributed by atoms with Crippen LogP contribution in [-0.4, -0.2) is 110 Å². The summed E-state index contributed by atoms with van der Waals surface area (Å²) in [6.45, 7) is 14.0. The largest absolute Gasteiger partial charge is 0.463 e. The zero-order chi connectivity index (χ0) is 57.7. The van der Waals surface area contributed by atoms with Gasteiger partial charge >= 0.3 is 29.8 Å². The van der Waals surface area contributed by atoms with Gasteiger partial charge in [-0.3, -0.25) is 28.8 Å². The summed E-state index contributed by atoms with van der Waals surface area (Å²) in [7, 11) is 4.12. The maximum atomic E-state index is 14.2. The molecule has 78 heavy (non-hydrogen) atoms. The first-order chi connectivity index (χ1) is 37.8. The molecule has 3 unspecified atom stereocenters. The maximum absolute atomic E-state index is 14.2. The lowest BCUT2D eigenvalue weighted by atomic mass is 10.1. The summed E-state index contributed by atoms with van der Waals surface area (Å²) in [4.78, 5) is 82.4. The molecule has 458 valence electrons. The molecule has 0 spiro atoms. The molecule has 13 nitrogen and oxygen atoms in total. The van der Waals surface area contributed by atoms with Gasteiger partial charge in [-0.05, 0) is 117 Å². The Kier molecular flexibility index (Phi) is 52.1. The van der Waals surface area contributed by atoms with E-state index in [1.807, 2.05) is 0 Å². The van der Waals surface area contributed by atoms with Crippen LogP contribution in [0.1, 0.15) is 318 Å². The first-order valence-electron chi connectivity index (χ1n) is 32.7. The third kappa shape index (κ3) is 46.5. The van der Waals surface area contributed by atoms with Gasteiger partial charge in [-0.1, -0.05) is 183 Å². The van der Waals surface area contributed by atoms with Gasteiger partial charge in [0.2, 0.25) is 5.91 Å². The van der Waals surface area contributed by atoms with Crippen LogP contribution in [0, 0.1) is 0 Å². The number of amides is 1. The van der Waals surface area contributed by atoms with Gasteiger partial charge in [0, 0.05) is 38.6 Å². The molecule has 0 aromatic carbocycles. The van der Waals surface area contributed by atoms with Gasteiger partial charge in [-0.2, -0.15) is 0 Å². The van der Waals surface area contributed by atoms with E-state index < -0.39 is 6.04 Å². The highest BCUT2D eigenvalue weighted by atomic mass is 16.6. The molecule has 13 heteroatoms. The van der Waals surface area contributed by atoms with Crippen molar-refractivity contribution in [1.29, 1.82) is 0 Å². The third-order valence-corrected chi connectivity index (χ3v) is 15.0. The molecule has 0 aliphatic heterocycles. The van der Waals surface area contributed by atoms with Gasteiger partial charge in [0.15, 0.2) is 0 Å². The summed E-state index contributed by atoms with van der Waals surface area (Å²) in [5.74, 6) is -1.43. The second-order valence-corrected chi connectivity index (χ2v) is 22.8. The van der Waals surface area contributed by atoms with Crippen LogP contribution in [0.25, 0.3) is 0 Å². The summed E-state index contributed by atoms with van der Waals surface area (Å²) in [5, 5.41) is 0. The number of hydrogen-bond acceptors (Lipinski definition) is 12. The fourth-order valence-corrected chi connectivity index (χ4v) is 9.93. The quantitative estimate of drug-likeness (QED) is 0.0323. The van der Waals surface area contributed by atoms with Gasteiger partial charge < -0.3 is 33.5 Å². The normalized spacial score (nSPS) is 12.9. The van der Waals surface area contributed by atoms with Crippen molar-refractivity contribution in [2.24, 2.45) is 0 Å². The van der Waals surface area contributed by atoms with Gasteiger partial charge in [0.25, 0.3) is 0 Å².